The maximum absolute atomic E-state index is 10.8. The van der Waals surface area contributed by atoms with E-state index in [1.165, 1.54) is 13.3 Å². The second-order valence-corrected chi connectivity index (χ2v) is 3.94. The molecule has 1 aliphatic carbocycles. The van der Waals surface area contributed by atoms with Crippen LogP contribution in [0.15, 0.2) is 6.20 Å². The highest BCUT2D eigenvalue weighted by Gasteiger charge is 2.24. The Balaban J connectivity index is 2.38. The summed E-state index contributed by atoms with van der Waals surface area (Å²) >= 11 is 0. The summed E-state index contributed by atoms with van der Waals surface area (Å²) < 4.78 is 5.13. The standard InChI is InChI=1S/C11H14N2O3/c1-16-10-9(7-4-2-3-5-7)13-8(6-12-10)11(14)15/h6-7H,2-5H2,1H3,(H,14,15). The van der Waals surface area contributed by atoms with Crippen LogP contribution in [0.4, 0.5) is 0 Å². The summed E-state index contributed by atoms with van der Waals surface area (Å²) in [6, 6.07) is 0. The quantitative estimate of drug-likeness (QED) is 0.844. The first-order valence-corrected chi connectivity index (χ1v) is 5.36. The van der Waals surface area contributed by atoms with Crippen molar-refractivity contribution in [2.24, 2.45) is 0 Å². The fraction of sp³-hybridized carbons (Fsp3) is 0.545. The van der Waals surface area contributed by atoms with E-state index < -0.39 is 5.97 Å². The van der Waals surface area contributed by atoms with E-state index >= 15 is 0 Å². The van der Waals surface area contributed by atoms with Gasteiger partial charge in [0.05, 0.1) is 13.3 Å². The van der Waals surface area contributed by atoms with Crippen molar-refractivity contribution in [2.45, 2.75) is 31.6 Å². The van der Waals surface area contributed by atoms with Crippen LogP contribution in [-0.2, 0) is 0 Å². The minimum Gasteiger partial charge on any atom is -0.480 e. The summed E-state index contributed by atoms with van der Waals surface area (Å²) in [6.45, 7) is 0. The number of aromatic nitrogens is 2. The van der Waals surface area contributed by atoms with Gasteiger partial charge in [0.2, 0.25) is 5.88 Å². The van der Waals surface area contributed by atoms with Crippen LogP contribution in [0.5, 0.6) is 5.88 Å². The first-order valence-electron chi connectivity index (χ1n) is 5.36. The number of methoxy groups -OCH3 is 1. The van der Waals surface area contributed by atoms with Crippen molar-refractivity contribution in [3.05, 3.63) is 17.6 Å². The van der Waals surface area contributed by atoms with Crippen molar-refractivity contribution in [3.8, 4) is 5.88 Å². The summed E-state index contributed by atoms with van der Waals surface area (Å²) in [6.07, 6.45) is 5.63. The zero-order chi connectivity index (χ0) is 11.5. The topological polar surface area (TPSA) is 72.3 Å². The van der Waals surface area contributed by atoms with Crippen molar-refractivity contribution in [3.63, 3.8) is 0 Å². The Morgan fingerprint density at radius 1 is 1.50 bits per heavy atom. The van der Waals surface area contributed by atoms with Gasteiger partial charge >= 0.3 is 5.97 Å². The van der Waals surface area contributed by atoms with E-state index in [2.05, 4.69) is 9.97 Å². The van der Waals surface area contributed by atoms with E-state index in [0.29, 0.717) is 17.5 Å². The average Bonchev–Trinajstić information content (AvgIpc) is 2.81. The molecule has 1 N–H and O–H groups in total. The van der Waals surface area contributed by atoms with Crippen LogP contribution in [0.25, 0.3) is 0 Å². The summed E-state index contributed by atoms with van der Waals surface area (Å²) in [5.41, 5.74) is 0.683. The van der Waals surface area contributed by atoms with Gasteiger partial charge in [-0.25, -0.2) is 14.8 Å². The number of hydrogen-bond donors (Lipinski definition) is 1. The third-order valence-corrected chi connectivity index (χ3v) is 2.92. The first kappa shape index (κ1) is 10.9. The molecule has 0 unspecified atom stereocenters. The SMILES string of the molecule is COc1ncc(C(=O)O)nc1C1CCCC1. The number of rotatable bonds is 3. The molecule has 0 amide bonds. The molecule has 2 rings (SSSR count). The largest absolute Gasteiger partial charge is 0.480 e. The average molecular weight is 222 g/mol. The van der Waals surface area contributed by atoms with Gasteiger partial charge in [-0.2, -0.15) is 0 Å². The third kappa shape index (κ3) is 1.98. The molecule has 0 atom stereocenters. The number of carboxylic acids is 1. The minimum atomic E-state index is -1.05. The van der Waals surface area contributed by atoms with Crippen LogP contribution in [0.2, 0.25) is 0 Å². The Morgan fingerprint density at radius 2 is 2.19 bits per heavy atom. The van der Waals surface area contributed by atoms with Crippen molar-refractivity contribution >= 4 is 5.97 Å². The highest BCUT2D eigenvalue weighted by Crippen LogP contribution is 2.36. The Kier molecular flexibility index (Phi) is 3.03. The van der Waals surface area contributed by atoms with E-state index in [1.54, 1.807) is 0 Å². The number of ether oxygens (including phenoxy) is 1. The fourth-order valence-electron chi connectivity index (χ4n) is 2.12. The van der Waals surface area contributed by atoms with Crippen molar-refractivity contribution < 1.29 is 14.6 Å². The molecule has 0 aliphatic heterocycles. The normalized spacial score (nSPS) is 16.3. The third-order valence-electron chi connectivity index (χ3n) is 2.92. The Morgan fingerprint density at radius 3 is 2.75 bits per heavy atom. The van der Waals surface area contributed by atoms with E-state index in [4.69, 9.17) is 9.84 Å². The number of carbonyl (C=O) groups is 1. The molecule has 1 aliphatic rings. The molecule has 0 radical (unpaired) electrons. The fourth-order valence-corrected chi connectivity index (χ4v) is 2.12. The van der Waals surface area contributed by atoms with Crippen LogP contribution in [0.1, 0.15) is 47.8 Å². The van der Waals surface area contributed by atoms with E-state index in [9.17, 15) is 4.79 Å². The molecular weight excluding hydrogens is 208 g/mol. The van der Waals surface area contributed by atoms with E-state index in [1.807, 2.05) is 0 Å². The Bertz CT molecular complexity index is 400. The molecule has 1 aromatic heterocycles. The van der Waals surface area contributed by atoms with Gasteiger partial charge in [0.25, 0.3) is 0 Å². The van der Waals surface area contributed by atoms with Gasteiger partial charge in [-0.1, -0.05) is 12.8 Å². The molecule has 16 heavy (non-hydrogen) atoms. The number of carboxylic acid groups (broad SMARTS) is 1. The lowest BCUT2D eigenvalue weighted by molar-refractivity contribution is 0.0689. The molecule has 0 saturated heterocycles. The lowest BCUT2D eigenvalue weighted by Gasteiger charge is -2.12. The number of aromatic carboxylic acids is 1. The lowest BCUT2D eigenvalue weighted by atomic mass is 10.0. The van der Waals surface area contributed by atoms with Crippen molar-refractivity contribution in [1.82, 2.24) is 9.97 Å². The zero-order valence-corrected chi connectivity index (χ0v) is 9.14. The molecule has 0 spiro atoms. The summed E-state index contributed by atoms with van der Waals surface area (Å²) in [5, 5.41) is 8.87. The highest BCUT2D eigenvalue weighted by atomic mass is 16.5. The van der Waals surface area contributed by atoms with E-state index in [0.717, 1.165) is 25.7 Å². The van der Waals surface area contributed by atoms with Crippen LogP contribution in [0.3, 0.4) is 0 Å². The van der Waals surface area contributed by atoms with Gasteiger partial charge in [-0.15, -0.1) is 0 Å². The van der Waals surface area contributed by atoms with Gasteiger partial charge in [0.1, 0.15) is 5.69 Å². The molecule has 0 aromatic carbocycles. The second kappa shape index (κ2) is 4.47. The molecule has 5 heteroatoms. The highest BCUT2D eigenvalue weighted by molar-refractivity contribution is 5.85. The number of hydrogen-bond acceptors (Lipinski definition) is 4. The molecular formula is C11H14N2O3. The van der Waals surface area contributed by atoms with Crippen LogP contribution >= 0.6 is 0 Å². The van der Waals surface area contributed by atoms with Crippen LogP contribution < -0.4 is 4.74 Å². The molecule has 1 fully saturated rings. The Labute approximate surface area is 93.5 Å². The van der Waals surface area contributed by atoms with Gasteiger partial charge in [-0.05, 0) is 12.8 Å². The predicted molar refractivity (Wildman–Crippen MR) is 56.8 cm³/mol. The summed E-state index contributed by atoms with van der Waals surface area (Å²) in [7, 11) is 1.53. The monoisotopic (exact) mass is 222 g/mol. The van der Waals surface area contributed by atoms with Gasteiger partial charge < -0.3 is 9.84 Å². The molecule has 1 aromatic rings. The van der Waals surface area contributed by atoms with Crippen molar-refractivity contribution in [1.29, 1.82) is 0 Å². The van der Waals surface area contributed by atoms with Gasteiger partial charge in [0.15, 0.2) is 5.69 Å². The second-order valence-electron chi connectivity index (χ2n) is 3.94. The maximum atomic E-state index is 10.8. The van der Waals surface area contributed by atoms with Crippen LogP contribution in [0, 0.1) is 0 Å². The van der Waals surface area contributed by atoms with Gasteiger partial charge in [-0.3, -0.25) is 0 Å². The lowest BCUT2D eigenvalue weighted by Crippen LogP contribution is -2.09. The van der Waals surface area contributed by atoms with E-state index in [-0.39, 0.29) is 5.69 Å². The smallest absolute Gasteiger partial charge is 0.356 e. The van der Waals surface area contributed by atoms with Crippen LogP contribution in [-0.4, -0.2) is 28.2 Å². The maximum Gasteiger partial charge on any atom is 0.356 e. The molecule has 1 saturated carbocycles. The predicted octanol–water partition coefficient (Wildman–Crippen LogP) is 1.84. The molecule has 1 heterocycles. The first-order chi connectivity index (χ1) is 7.72. The molecule has 5 nitrogen and oxygen atoms in total. The minimum absolute atomic E-state index is 0.0114. The van der Waals surface area contributed by atoms with Gasteiger partial charge in [0, 0.05) is 5.92 Å². The summed E-state index contributed by atoms with van der Waals surface area (Å²) in [5.74, 6) is -0.298. The molecule has 86 valence electrons. The Hall–Kier alpha value is -1.65. The zero-order valence-electron chi connectivity index (χ0n) is 9.14. The van der Waals surface area contributed by atoms with Crippen molar-refractivity contribution in [2.75, 3.05) is 7.11 Å². The summed E-state index contributed by atoms with van der Waals surface area (Å²) in [4.78, 5) is 19.0. The molecule has 0 bridgehead atoms. The number of nitrogens with zero attached hydrogens (tertiary/aromatic N) is 2.